The maximum Gasteiger partial charge on any atom is 0.231 e. The second-order valence-electron chi connectivity index (χ2n) is 6.93. The van der Waals surface area contributed by atoms with E-state index in [-0.39, 0.29) is 18.6 Å². The highest BCUT2D eigenvalue weighted by Gasteiger charge is 2.22. The molecule has 156 valence electrons. The van der Waals surface area contributed by atoms with Gasteiger partial charge in [0.2, 0.25) is 6.79 Å². The molecule has 0 fully saturated rings. The molecule has 0 aliphatic carbocycles. The van der Waals surface area contributed by atoms with Gasteiger partial charge in [0.1, 0.15) is 0 Å². The molecule has 2 aromatic rings. The summed E-state index contributed by atoms with van der Waals surface area (Å²) in [6.07, 6.45) is 0.656. The molecule has 1 N–H and O–H groups in total. The molecule has 1 unspecified atom stereocenters. The number of rotatable bonds is 7. The van der Waals surface area contributed by atoms with Crippen molar-refractivity contribution in [3.05, 3.63) is 54.1 Å². The molecule has 0 spiro atoms. The Hall–Kier alpha value is -2.74. The SMILES string of the molecule is CCC(CS(=O)(=O)c1ccccc1)NC(=NC)N(C)Cc1ccc2c(c1)OCO2. The van der Waals surface area contributed by atoms with E-state index in [1.807, 2.05) is 43.1 Å². The Morgan fingerprint density at radius 3 is 2.59 bits per heavy atom. The van der Waals surface area contributed by atoms with Gasteiger partial charge in [-0.15, -0.1) is 0 Å². The van der Waals surface area contributed by atoms with Gasteiger partial charge in [0, 0.05) is 26.7 Å². The molecule has 1 aliphatic rings. The van der Waals surface area contributed by atoms with Crippen molar-refractivity contribution in [2.75, 3.05) is 26.6 Å². The largest absolute Gasteiger partial charge is 0.454 e. The van der Waals surface area contributed by atoms with Crippen LogP contribution in [0.1, 0.15) is 18.9 Å². The van der Waals surface area contributed by atoms with Gasteiger partial charge in [0.05, 0.1) is 10.6 Å². The average molecular weight is 418 g/mol. The Bertz CT molecular complexity index is 961. The monoisotopic (exact) mass is 417 g/mol. The zero-order valence-electron chi connectivity index (χ0n) is 17.0. The van der Waals surface area contributed by atoms with E-state index >= 15 is 0 Å². The Kier molecular flexibility index (Phi) is 6.64. The molecule has 0 amide bonds. The van der Waals surface area contributed by atoms with E-state index in [0.29, 0.717) is 23.8 Å². The fourth-order valence-corrected chi connectivity index (χ4v) is 4.78. The summed E-state index contributed by atoms with van der Waals surface area (Å²) in [5, 5.41) is 3.29. The summed E-state index contributed by atoms with van der Waals surface area (Å²) in [5.41, 5.74) is 1.05. The van der Waals surface area contributed by atoms with Crippen molar-refractivity contribution >= 4 is 15.8 Å². The number of hydrogen-bond donors (Lipinski definition) is 1. The van der Waals surface area contributed by atoms with Crippen LogP contribution in [-0.2, 0) is 16.4 Å². The number of guanidine groups is 1. The zero-order valence-corrected chi connectivity index (χ0v) is 17.8. The first-order chi connectivity index (χ1) is 13.9. The van der Waals surface area contributed by atoms with Gasteiger partial charge in [0.15, 0.2) is 27.3 Å². The predicted octanol–water partition coefficient (Wildman–Crippen LogP) is 2.68. The number of ether oxygens (including phenoxy) is 2. The summed E-state index contributed by atoms with van der Waals surface area (Å²) in [4.78, 5) is 6.62. The van der Waals surface area contributed by atoms with Gasteiger partial charge >= 0.3 is 0 Å². The molecule has 2 aromatic carbocycles. The number of fused-ring (bicyclic) bond motifs is 1. The Morgan fingerprint density at radius 1 is 1.17 bits per heavy atom. The quantitative estimate of drug-likeness (QED) is 0.551. The van der Waals surface area contributed by atoms with Crippen LogP contribution in [0.2, 0.25) is 0 Å². The highest BCUT2D eigenvalue weighted by Crippen LogP contribution is 2.32. The van der Waals surface area contributed by atoms with Crippen LogP contribution in [0.3, 0.4) is 0 Å². The van der Waals surface area contributed by atoms with Crippen LogP contribution in [0.15, 0.2) is 58.4 Å². The molecule has 8 heteroatoms. The molecule has 1 atom stereocenters. The molecule has 0 saturated heterocycles. The van der Waals surface area contributed by atoms with Gasteiger partial charge in [-0.2, -0.15) is 0 Å². The molecular formula is C21H27N3O4S. The second kappa shape index (κ2) is 9.17. The number of aliphatic imine (C=N–C) groups is 1. The van der Waals surface area contributed by atoms with E-state index in [2.05, 4.69) is 10.3 Å². The summed E-state index contributed by atoms with van der Waals surface area (Å²) in [5.74, 6) is 2.12. The predicted molar refractivity (Wildman–Crippen MR) is 113 cm³/mol. The standard InChI is InChI=1S/C21H27N3O4S/c1-4-17(14-29(25,26)18-8-6-5-7-9-18)23-21(22-2)24(3)13-16-10-11-19-20(12-16)28-15-27-19/h5-12,17H,4,13-15H2,1-3H3,(H,22,23). The van der Waals surface area contributed by atoms with E-state index in [0.717, 1.165) is 17.1 Å². The molecular weight excluding hydrogens is 390 g/mol. The van der Waals surface area contributed by atoms with Crippen molar-refractivity contribution in [2.45, 2.75) is 30.8 Å². The summed E-state index contributed by atoms with van der Waals surface area (Å²) in [7, 11) is 0.223. The molecule has 3 rings (SSSR count). The van der Waals surface area contributed by atoms with Crippen molar-refractivity contribution in [1.29, 1.82) is 0 Å². The van der Waals surface area contributed by atoms with Crippen molar-refractivity contribution in [3.8, 4) is 11.5 Å². The molecule has 1 heterocycles. The van der Waals surface area contributed by atoms with Crippen LogP contribution in [0, 0.1) is 0 Å². The van der Waals surface area contributed by atoms with E-state index in [1.165, 1.54) is 0 Å². The molecule has 0 aromatic heterocycles. The van der Waals surface area contributed by atoms with Gasteiger partial charge < -0.3 is 19.7 Å². The first kappa shape index (κ1) is 21.0. The van der Waals surface area contributed by atoms with Crippen LogP contribution in [0.5, 0.6) is 11.5 Å². The van der Waals surface area contributed by atoms with E-state index in [1.54, 1.807) is 31.3 Å². The van der Waals surface area contributed by atoms with E-state index in [4.69, 9.17) is 9.47 Å². The minimum Gasteiger partial charge on any atom is -0.454 e. The van der Waals surface area contributed by atoms with Crippen molar-refractivity contribution in [2.24, 2.45) is 4.99 Å². The summed E-state index contributed by atoms with van der Waals surface area (Å²) in [6.45, 7) is 2.80. The minimum absolute atomic E-state index is 0.00436. The third-order valence-electron chi connectivity index (χ3n) is 4.78. The van der Waals surface area contributed by atoms with Gasteiger partial charge in [-0.1, -0.05) is 31.2 Å². The third-order valence-corrected chi connectivity index (χ3v) is 6.61. The highest BCUT2D eigenvalue weighted by molar-refractivity contribution is 7.91. The highest BCUT2D eigenvalue weighted by atomic mass is 32.2. The maximum atomic E-state index is 12.7. The van der Waals surface area contributed by atoms with E-state index < -0.39 is 9.84 Å². The lowest BCUT2D eigenvalue weighted by Crippen LogP contribution is -2.46. The fraction of sp³-hybridized carbons (Fsp3) is 0.381. The average Bonchev–Trinajstić information content (AvgIpc) is 3.19. The Labute approximate surface area is 172 Å². The second-order valence-corrected chi connectivity index (χ2v) is 8.97. The van der Waals surface area contributed by atoms with Crippen LogP contribution in [-0.4, -0.2) is 52.0 Å². The van der Waals surface area contributed by atoms with Crippen molar-refractivity contribution in [1.82, 2.24) is 10.2 Å². The van der Waals surface area contributed by atoms with E-state index in [9.17, 15) is 8.42 Å². The third kappa shape index (κ3) is 5.20. The minimum atomic E-state index is -3.38. The van der Waals surface area contributed by atoms with Crippen LogP contribution in [0.4, 0.5) is 0 Å². The smallest absolute Gasteiger partial charge is 0.231 e. The number of sulfone groups is 1. The van der Waals surface area contributed by atoms with Crippen LogP contribution < -0.4 is 14.8 Å². The lowest BCUT2D eigenvalue weighted by molar-refractivity contribution is 0.174. The van der Waals surface area contributed by atoms with Gasteiger partial charge in [-0.3, -0.25) is 4.99 Å². The molecule has 7 nitrogen and oxygen atoms in total. The molecule has 0 radical (unpaired) electrons. The van der Waals surface area contributed by atoms with Gasteiger partial charge in [0.25, 0.3) is 0 Å². The first-order valence-corrected chi connectivity index (χ1v) is 11.2. The Balaban J connectivity index is 1.65. The van der Waals surface area contributed by atoms with Crippen LogP contribution >= 0.6 is 0 Å². The Morgan fingerprint density at radius 2 is 1.90 bits per heavy atom. The van der Waals surface area contributed by atoms with Crippen LogP contribution in [0.25, 0.3) is 0 Å². The van der Waals surface area contributed by atoms with Gasteiger partial charge in [-0.25, -0.2) is 8.42 Å². The fourth-order valence-electron chi connectivity index (χ4n) is 3.17. The first-order valence-electron chi connectivity index (χ1n) is 9.53. The summed E-state index contributed by atoms with van der Waals surface area (Å²) < 4.78 is 36.2. The van der Waals surface area contributed by atoms with Gasteiger partial charge in [-0.05, 0) is 36.2 Å². The normalized spacial score (nSPS) is 14.5. The molecule has 0 saturated carbocycles. The number of hydrogen-bond acceptors (Lipinski definition) is 5. The molecule has 1 aliphatic heterocycles. The van der Waals surface area contributed by atoms with Crippen molar-refractivity contribution < 1.29 is 17.9 Å². The number of nitrogens with zero attached hydrogens (tertiary/aromatic N) is 2. The lowest BCUT2D eigenvalue weighted by Gasteiger charge is -2.26. The molecule has 0 bridgehead atoms. The maximum absolute atomic E-state index is 12.7. The summed E-state index contributed by atoms with van der Waals surface area (Å²) >= 11 is 0. The number of benzene rings is 2. The lowest BCUT2D eigenvalue weighted by atomic mass is 10.2. The zero-order chi connectivity index (χ0) is 20.9. The van der Waals surface area contributed by atoms with Crippen molar-refractivity contribution in [3.63, 3.8) is 0 Å². The topological polar surface area (TPSA) is 80.2 Å². The molecule has 29 heavy (non-hydrogen) atoms. The number of nitrogens with one attached hydrogen (secondary N) is 1. The summed E-state index contributed by atoms with van der Waals surface area (Å²) in [6, 6.07) is 14.1.